The number of nitrogens with one attached hydrogen (secondary N) is 1. The Morgan fingerprint density at radius 3 is 2.93 bits per heavy atom. The number of allylic oxidation sites excluding steroid dienone is 1. The molecule has 0 aliphatic rings. The molecule has 0 saturated heterocycles. The van der Waals surface area contributed by atoms with Crippen LogP contribution in [-0.4, -0.2) is 37.2 Å². The third-order valence-corrected chi connectivity index (χ3v) is 7.34. The Kier molecular flexibility index (Phi) is 8.14. The second-order valence-electron chi connectivity index (χ2n) is 6.35. The number of amides is 1. The highest BCUT2D eigenvalue weighted by Crippen LogP contribution is 2.31. The molecule has 0 aliphatic carbocycles. The predicted octanol–water partition coefficient (Wildman–Crippen LogP) is 5.26. The van der Waals surface area contributed by atoms with Gasteiger partial charge in [0.1, 0.15) is 5.82 Å². The lowest BCUT2D eigenvalue weighted by molar-refractivity contribution is -0.113. The van der Waals surface area contributed by atoms with Crippen LogP contribution < -0.4 is 5.32 Å². The van der Waals surface area contributed by atoms with Crippen LogP contribution in [0.1, 0.15) is 32.5 Å². The lowest BCUT2D eigenvalue weighted by atomic mass is 10.3. The number of thioether (sulfide) groups is 2. The fourth-order valence-corrected chi connectivity index (χ4v) is 5.70. The molecule has 0 atom stereocenters. The molecule has 9 heteroatoms. The maximum Gasteiger partial charge on any atom is 0.234 e. The van der Waals surface area contributed by atoms with E-state index < -0.39 is 0 Å². The number of unbranched alkanes of at least 4 members (excludes halogenated alkanes) is 1. The monoisotopic (exact) mass is 447 g/mol. The lowest BCUT2D eigenvalue weighted by Crippen LogP contribution is -2.14. The fourth-order valence-electron chi connectivity index (χ4n) is 2.67. The standard InChI is InChI=1S/C20H25N5OS3/c1-4-7-11-27-20-22-15-9-8-14(12-16(15)29-20)21-18(26)13-28-19-24-23-17(6-3)25(19)10-5-2/h5,8-9,12H,2,4,6-7,10-11,13H2,1,3H3,(H,21,26). The number of aryl methyl sites for hydroxylation is 1. The number of aromatic nitrogens is 4. The van der Waals surface area contributed by atoms with Crippen LogP contribution in [0.2, 0.25) is 0 Å². The van der Waals surface area contributed by atoms with Gasteiger partial charge in [0, 0.05) is 24.4 Å². The zero-order valence-corrected chi connectivity index (χ0v) is 19.1. The van der Waals surface area contributed by atoms with Crippen LogP contribution in [-0.2, 0) is 17.8 Å². The highest BCUT2D eigenvalue weighted by atomic mass is 32.2. The second-order valence-corrected chi connectivity index (χ2v) is 9.67. The molecule has 0 radical (unpaired) electrons. The number of nitrogens with zero attached hydrogens (tertiary/aromatic N) is 4. The van der Waals surface area contributed by atoms with E-state index >= 15 is 0 Å². The number of hydrogen-bond donors (Lipinski definition) is 1. The number of hydrogen-bond acceptors (Lipinski definition) is 7. The number of rotatable bonds is 11. The second kappa shape index (κ2) is 10.8. The first kappa shape index (κ1) is 21.9. The van der Waals surface area contributed by atoms with Crippen LogP contribution in [0, 0.1) is 0 Å². The summed E-state index contributed by atoms with van der Waals surface area (Å²) in [5.74, 6) is 2.20. The zero-order valence-electron chi connectivity index (χ0n) is 16.7. The van der Waals surface area contributed by atoms with Crippen molar-refractivity contribution in [2.24, 2.45) is 0 Å². The van der Waals surface area contributed by atoms with Crippen LogP contribution in [0.3, 0.4) is 0 Å². The quantitative estimate of drug-likeness (QED) is 0.246. The molecule has 0 saturated carbocycles. The smallest absolute Gasteiger partial charge is 0.234 e. The Balaban J connectivity index is 1.59. The minimum Gasteiger partial charge on any atom is -0.325 e. The van der Waals surface area contributed by atoms with E-state index in [9.17, 15) is 4.79 Å². The van der Waals surface area contributed by atoms with Crippen LogP contribution in [0.4, 0.5) is 5.69 Å². The van der Waals surface area contributed by atoms with Crippen LogP contribution in [0.5, 0.6) is 0 Å². The lowest BCUT2D eigenvalue weighted by Gasteiger charge is -2.07. The average molecular weight is 448 g/mol. The van der Waals surface area contributed by atoms with E-state index in [1.165, 1.54) is 24.6 Å². The van der Waals surface area contributed by atoms with Gasteiger partial charge in [-0.25, -0.2) is 4.98 Å². The van der Waals surface area contributed by atoms with Gasteiger partial charge >= 0.3 is 0 Å². The SMILES string of the molecule is C=CCn1c(CC)nnc1SCC(=O)Nc1ccc2nc(SCCCC)sc2c1. The molecule has 6 nitrogen and oxygen atoms in total. The van der Waals surface area contributed by atoms with E-state index in [0.717, 1.165) is 43.4 Å². The summed E-state index contributed by atoms with van der Waals surface area (Å²) in [6.07, 6.45) is 4.99. The summed E-state index contributed by atoms with van der Waals surface area (Å²) in [6.45, 7) is 8.65. The zero-order chi connectivity index (χ0) is 20.6. The van der Waals surface area contributed by atoms with E-state index in [-0.39, 0.29) is 11.7 Å². The third kappa shape index (κ3) is 5.83. The molecule has 2 heterocycles. The number of carbonyl (C=O) groups excluding carboxylic acids is 1. The topological polar surface area (TPSA) is 72.7 Å². The van der Waals surface area contributed by atoms with Gasteiger partial charge in [0.25, 0.3) is 0 Å². The van der Waals surface area contributed by atoms with Crippen molar-refractivity contribution in [1.82, 2.24) is 19.7 Å². The number of fused-ring (bicyclic) bond motifs is 1. The highest BCUT2D eigenvalue weighted by molar-refractivity contribution is 8.01. The van der Waals surface area contributed by atoms with Crippen molar-refractivity contribution < 1.29 is 4.79 Å². The van der Waals surface area contributed by atoms with Gasteiger partial charge in [-0.1, -0.05) is 49.9 Å². The first-order valence-corrected chi connectivity index (χ1v) is 12.4. The van der Waals surface area contributed by atoms with E-state index in [4.69, 9.17) is 0 Å². The Morgan fingerprint density at radius 2 is 2.17 bits per heavy atom. The maximum atomic E-state index is 12.4. The molecular weight excluding hydrogens is 422 g/mol. The molecule has 29 heavy (non-hydrogen) atoms. The molecule has 2 aromatic heterocycles. The number of thiazole rings is 1. The molecule has 0 unspecified atom stereocenters. The van der Waals surface area contributed by atoms with Gasteiger partial charge in [-0.15, -0.1) is 28.1 Å². The molecule has 3 rings (SSSR count). The van der Waals surface area contributed by atoms with Crippen molar-refractivity contribution in [2.45, 2.75) is 49.2 Å². The van der Waals surface area contributed by atoms with Crippen molar-refractivity contribution in [3.05, 3.63) is 36.7 Å². The molecule has 0 bridgehead atoms. The van der Waals surface area contributed by atoms with Gasteiger partial charge in [-0.05, 0) is 24.6 Å². The van der Waals surface area contributed by atoms with Crippen molar-refractivity contribution >= 4 is 56.7 Å². The number of benzene rings is 1. The van der Waals surface area contributed by atoms with Gasteiger partial charge in [0.15, 0.2) is 9.50 Å². The predicted molar refractivity (Wildman–Crippen MR) is 124 cm³/mol. The van der Waals surface area contributed by atoms with Crippen molar-refractivity contribution in [3.8, 4) is 0 Å². The van der Waals surface area contributed by atoms with Crippen molar-refractivity contribution in [2.75, 3.05) is 16.8 Å². The molecule has 3 aromatic rings. The summed E-state index contributed by atoms with van der Waals surface area (Å²) >= 11 is 4.86. The fraction of sp³-hybridized carbons (Fsp3) is 0.400. The van der Waals surface area contributed by atoms with Crippen LogP contribution in [0.15, 0.2) is 40.4 Å². The molecule has 1 aromatic carbocycles. The van der Waals surface area contributed by atoms with Crippen molar-refractivity contribution in [1.29, 1.82) is 0 Å². The molecule has 0 spiro atoms. The normalized spacial score (nSPS) is 11.1. The van der Waals surface area contributed by atoms with Gasteiger partial charge < -0.3 is 9.88 Å². The number of carbonyl (C=O) groups is 1. The summed E-state index contributed by atoms with van der Waals surface area (Å²) in [5, 5.41) is 12.1. The van der Waals surface area contributed by atoms with E-state index in [1.807, 2.05) is 35.8 Å². The first-order chi connectivity index (χ1) is 14.1. The Bertz CT molecular complexity index is 982. The van der Waals surface area contributed by atoms with E-state index in [2.05, 4.69) is 34.0 Å². The first-order valence-electron chi connectivity index (χ1n) is 9.63. The van der Waals surface area contributed by atoms with Gasteiger partial charge in [-0.3, -0.25) is 4.79 Å². The largest absolute Gasteiger partial charge is 0.325 e. The van der Waals surface area contributed by atoms with Crippen LogP contribution >= 0.6 is 34.9 Å². The van der Waals surface area contributed by atoms with Gasteiger partial charge in [-0.2, -0.15) is 0 Å². The maximum absolute atomic E-state index is 12.4. The molecule has 154 valence electrons. The molecular formula is C20H25N5OS3. The summed E-state index contributed by atoms with van der Waals surface area (Å²) in [7, 11) is 0. The summed E-state index contributed by atoms with van der Waals surface area (Å²) in [4.78, 5) is 17.1. The van der Waals surface area contributed by atoms with Gasteiger partial charge in [0.05, 0.1) is 16.0 Å². The van der Waals surface area contributed by atoms with Crippen LogP contribution in [0.25, 0.3) is 10.2 Å². The Hall–Kier alpha value is -1.84. The average Bonchev–Trinajstić information content (AvgIpc) is 3.30. The summed E-state index contributed by atoms with van der Waals surface area (Å²) in [6, 6.07) is 5.86. The molecule has 1 N–H and O–H groups in total. The number of anilines is 1. The summed E-state index contributed by atoms with van der Waals surface area (Å²) < 4.78 is 4.17. The Labute approximate surface area is 183 Å². The van der Waals surface area contributed by atoms with E-state index in [1.54, 1.807) is 23.1 Å². The minimum atomic E-state index is -0.0670. The minimum absolute atomic E-state index is 0.0670. The molecule has 0 fully saturated rings. The third-order valence-electron chi connectivity index (χ3n) is 4.13. The molecule has 1 amide bonds. The summed E-state index contributed by atoms with van der Waals surface area (Å²) in [5.41, 5.74) is 1.77. The van der Waals surface area contributed by atoms with Crippen molar-refractivity contribution in [3.63, 3.8) is 0 Å². The Morgan fingerprint density at radius 1 is 1.31 bits per heavy atom. The van der Waals surface area contributed by atoms with Gasteiger partial charge in [0.2, 0.25) is 5.91 Å². The molecule has 0 aliphatic heterocycles. The highest BCUT2D eigenvalue weighted by Gasteiger charge is 2.13. The van der Waals surface area contributed by atoms with E-state index in [0.29, 0.717) is 6.54 Å².